The van der Waals surface area contributed by atoms with Crippen LogP contribution >= 0.6 is 11.8 Å². The van der Waals surface area contributed by atoms with Crippen molar-refractivity contribution in [3.8, 4) is 0 Å². The number of nitrogens with zero attached hydrogens (tertiary/aromatic N) is 2. The number of thioether (sulfide) groups is 1. The Bertz CT molecular complexity index is 922. The van der Waals surface area contributed by atoms with Gasteiger partial charge in [-0.1, -0.05) is 74.1 Å². The van der Waals surface area contributed by atoms with E-state index in [2.05, 4.69) is 55.3 Å². The fourth-order valence-corrected chi connectivity index (χ4v) is 4.15. The average molecular weight is 393 g/mol. The third-order valence-electron chi connectivity index (χ3n) is 5.02. The Morgan fingerprint density at radius 2 is 1.96 bits per heavy atom. The Hall–Kier alpha value is -2.73. The Morgan fingerprint density at radius 1 is 1.21 bits per heavy atom. The van der Waals surface area contributed by atoms with Gasteiger partial charge in [0.15, 0.2) is 11.2 Å². The SMILES string of the molecule is C=CCSC1=NN2[C@@H](c3ccc(C(C)C)cc3)Nc3ccccc3[C@@H]2C(=O)N1. The van der Waals surface area contributed by atoms with Gasteiger partial charge in [0, 0.05) is 17.0 Å². The van der Waals surface area contributed by atoms with Crippen LogP contribution < -0.4 is 10.6 Å². The second-order valence-corrected chi connectivity index (χ2v) is 8.24. The molecule has 0 saturated carbocycles. The molecule has 0 fully saturated rings. The van der Waals surface area contributed by atoms with E-state index in [1.807, 2.05) is 29.3 Å². The first-order valence-electron chi connectivity index (χ1n) is 9.45. The highest BCUT2D eigenvalue weighted by molar-refractivity contribution is 8.14. The molecule has 0 spiro atoms. The minimum atomic E-state index is -0.458. The smallest absolute Gasteiger partial charge is 0.255 e. The molecule has 2 heterocycles. The molecule has 6 heteroatoms. The summed E-state index contributed by atoms with van der Waals surface area (Å²) in [6.07, 6.45) is 1.59. The average Bonchev–Trinajstić information content (AvgIpc) is 2.71. The van der Waals surface area contributed by atoms with Crippen LogP contribution in [0.15, 0.2) is 66.3 Å². The molecule has 0 unspecified atom stereocenters. The molecule has 2 aliphatic heterocycles. The predicted molar refractivity (Wildman–Crippen MR) is 116 cm³/mol. The molecule has 0 aliphatic carbocycles. The van der Waals surface area contributed by atoms with Crippen LogP contribution in [0.4, 0.5) is 5.69 Å². The Labute approximate surface area is 169 Å². The Kier molecular flexibility index (Phi) is 5.13. The summed E-state index contributed by atoms with van der Waals surface area (Å²) in [5, 5.41) is 13.8. The summed E-state index contributed by atoms with van der Waals surface area (Å²) in [5.74, 6) is 1.11. The van der Waals surface area contributed by atoms with Crippen LogP contribution in [0.2, 0.25) is 0 Å². The maximum absolute atomic E-state index is 13.0. The van der Waals surface area contributed by atoms with Crippen molar-refractivity contribution in [2.75, 3.05) is 11.1 Å². The summed E-state index contributed by atoms with van der Waals surface area (Å²) >= 11 is 1.47. The minimum Gasteiger partial charge on any atom is -0.360 e. The number of nitrogens with one attached hydrogen (secondary N) is 2. The summed E-state index contributed by atoms with van der Waals surface area (Å²) in [6, 6.07) is 16.0. The molecule has 28 heavy (non-hydrogen) atoms. The number of amidine groups is 1. The number of hydrogen-bond donors (Lipinski definition) is 2. The maximum Gasteiger partial charge on any atom is 0.255 e. The van der Waals surface area contributed by atoms with Gasteiger partial charge >= 0.3 is 0 Å². The van der Waals surface area contributed by atoms with E-state index in [1.54, 1.807) is 6.08 Å². The van der Waals surface area contributed by atoms with Gasteiger partial charge in [-0.3, -0.25) is 9.80 Å². The lowest BCUT2D eigenvalue weighted by Gasteiger charge is -2.43. The lowest BCUT2D eigenvalue weighted by molar-refractivity contribution is -0.127. The van der Waals surface area contributed by atoms with E-state index in [0.29, 0.717) is 16.8 Å². The molecule has 2 N–H and O–H groups in total. The first-order valence-corrected chi connectivity index (χ1v) is 10.4. The zero-order valence-corrected chi connectivity index (χ0v) is 16.9. The molecule has 1 amide bonds. The molecule has 2 aromatic rings. The van der Waals surface area contributed by atoms with E-state index < -0.39 is 6.04 Å². The van der Waals surface area contributed by atoms with Crippen molar-refractivity contribution in [3.05, 3.63) is 77.9 Å². The van der Waals surface area contributed by atoms with Gasteiger partial charge in [0.2, 0.25) is 0 Å². The molecular formula is C22H24N4OS. The summed E-state index contributed by atoms with van der Waals surface area (Å²) in [5.41, 5.74) is 4.27. The number of benzene rings is 2. The molecular weight excluding hydrogens is 368 g/mol. The number of fused-ring (bicyclic) bond motifs is 3. The fraction of sp³-hybridized carbons (Fsp3) is 0.273. The highest BCUT2D eigenvalue weighted by Crippen LogP contribution is 2.42. The summed E-state index contributed by atoms with van der Waals surface area (Å²) in [7, 11) is 0. The minimum absolute atomic E-state index is 0.0562. The van der Waals surface area contributed by atoms with E-state index in [0.717, 1.165) is 16.8 Å². The van der Waals surface area contributed by atoms with Crippen molar-refractivity contribution in [1.29, 1.82) is 0 Å². The van der Waals surface area contributed by atoms with E-state index in [4.69, 9.17) is 5.10 Å². The number of anilines is 1. The topological polar surface area (TPSA) is 56.7 Å². The molecule has 0 bridgehead atoms. The van der Waals surface area contributed by atoms with Crippen LogP contribution in [0.25, 0.3) is 0 Å². The first-order chi connectivity index (χ1) is 13.6. The second-order valence-electron chi connectivity index (χ2n) is 7.23. The molecule has 2 aromatic carbocycles. The van der Waals surface area contributed by atoms with Crippen molar-refractivity contribution >= 4 is 28.5 Å². The number of para-hydroxylation sites is 1. The van der Waals surface area contributed by atoms with Gasteiger partial charge in [-0.25, -0.2) is 0 Å². The quantitative estimate of drug-likeness (QED) is 0.747. The van der Waals surface area contributed by atoms with Crippen molar-refractivity contribution in [2.24, 2.45) is 5.10 Å². The van der Waals surface area contributed by atoms with Crippen LogP contribution in [0.1, 0.15) is 48.7 Å². The zero-order chi connectivity index (χ0) is 19.7. The number of carbonyl (C=O) groups excluding carboxylic acids is 1. The van der Waals surface area contributed by atoms with Gasteiger partial charge in [-0.15, -0.1) is 11.7 Å². The van der Waals surface area contributed by atoms with Gasteiger partial charge in [-0.2, -0.15) is 0 Å². The fourth-order valence-electron chi connectivity index (χ4n) is 3.55. The van der Waals surface area contributed by atoms with E-state index >= 15 is 0 Å². The van der Waals surface area contributed by atoms with E-state index in [-0.39, 0.29) is 12.1 Å². The molecule has 144 valence electrons. The Morgan fingerprint density at radius 3 is 2.68 bits per heavy atom. The van der Waals surface area contributed by atoms with Crippen LogP contribution in [-0.4, -0.2) is 21.8 Å². The van der Waals surface area contributed by atoms with Crippen molar-refractivity contribution < 1.29 is 4.79 Å². The molecule has 5 nitrogen and oxygen atoms in total. The third-order valence-corrected chi connectivity index (χ3v) is 5.88. The number of rotatable bonds is 4. The zero-order valence-electron chi connectivity index (χ0n) is 16.1. The monoisotopic (exact) mass is 392 g/mol. The van der Waals surface area contributed by atoms with Crippen LogP contribution in [-0.2, 0) is 4.79 Å². The largest absolute Gasteiger partial charge is 0.360 e. The molecule has 4 rings (SSSR count). The maximum atomic E-state index is 13.0. The first kappa shape index (κ1) is 18.6. The van der Waals surface area contributed by atoms with E-state index in [9.17, 15) is 4.79 Å². The highest BCUT2D eigenvalue weighted by Gasteiger charge is 2.41. The van der Waals surface area contributed by atoms with Crippen LogP contribution in [0.3, 0.4) is 0 Å². The second kappa shape index (κ2) is 7.72. The van der Waals surface area contributed by atoms with Gasteiger partial charge in [0.1, 0.15) is 6.17 Å². The Balaban J connectivity index is 1.76. The van der Waals surface area contributed by atoms with Gasteiger partial charge in [0.05, 0.1) is 0 Å². The predicted octanol–water partition coefficient (Wildman–Crippen LogP) is 4.60. The lowest BCUT2D eigenvalue weighted by Crippen LogP contribution is -2.50. The number of carbonyl (C=O) groups is 1. The lowest BCUT2D eigenvalue weighted by atomic mass is 9.96. The number of hydrazone groups is 1. The molecule has 0 saturated heterocycles. The standard InChI is InChI=1S/C22H24N4OS/c1-4-13-28-22-24-21(27)19-17-7-5-6-8-18(17)23-20(26(19)25-22)16-11-9-15(10-12-16)14(2)3/h4-12,14,19-20,23H,1,13H2,2-3H3,(H,24,25,27)/t19-,20+/m1/s1. The van der Waals surface area contributed by atoms with Crippen LogP contribution in [0, 0.1) is 0 Å². The van der Waals surface area contributed by atoms with Crippen molar-refractivity contribution in [2.45, 2.75) is 32.0 Å². The molecule has 2 atom stereocenters. The normalized spacial score (nSPS) is 20.6. The molecule has 0 aromatic heterocycles. The highest BCUT2D eigenvalue weighted by atomic mass is 32.2. The van der Waals surface area contributed by atoms with Gasteiger partial charge in [-0.05, 0) is 23.1 Å². The molecule has 2 aliphatic rings. The summed E-state index contributed by atoms with van der Waals surface area (Å²) in [4.78, 5) is 13.0. The number of amides is 1. The van der Waals surface area contributed by atoms with E-state index in [1.165, 1.54) is 17.3 Å². The molecule has 0 radical (unpaired) electrons. The van der Waals surface area contributed by atoms with Gasteiger partial charge < -0.3 is 10.6 Å². The summed E-state index contributed by atoms with van der Waals surface area (Å²) < 4.78 is 0. The third kappa shape index (κ3) is 3.40. The summed E-state index contributed by atoms with van der Waals surface area (Å²) in [6.45, 7) is 8.11. The van der Waals surface area contributed by atoms with Crippen LogP contribution in [0.5, 0.6) is 0 Å². The number of hydrogen-bond acceptors (Lipinski definition) is 5. The van der Waals surface area contributed by atoms with Crippen molar-refractivity contribution in [1.82, 2.24) is 10.3 Å². The van der Waals surface area contributed by atoms with Gasteiger partial charge in [0.25, 0.3) is 5.91 Å². The van der Waals surface area contributed by atoms with Crippen molar-refractivity contribution in [3.63, 3.8) is 0 Å².